The van der Waals surface area contributed by atoms with Crippen LogP contribution in [0.4, 0.5) is 4.79 Å². The molecule has 2 aliphatic rings. The van der Waals surface area contributed by atoms with Crippen molar-refractivity contribution in [2.45, 2.75) is 44.8 Å². The van der Waals surface area contributed by atoms with Crippen LogP contribution in [0, 0.1) is 0 Å². The van der Waals surface area contributed by atoms with E-state index in [0.717, 1.165) is 16.7 Å². The monoisotopic (exact) mass is 569 g/mol. The van der Waals surface area contributed by atoms with Gasteiger partial charge < -0.3 is 28.8 Å². The number of hydrogen-bond acceptors (Lipinski definition) is 7. The predicted molar refractivity (Wildman–Crippen MR) is 161 cm³/mol. The van der Waals surface area contributed by atoms with Gasteiger partial charge in [-0.3, -0.25) is 0 Å². The van der Waals surface area contributed by atoms with E-state index in [1.165, 1.54) is 25.3 Å². The third-order valence-corrected chi connectivity index (χ3v) is 8.32. The van der Waals surface area contributed by atoms with E-state index < -0.39 is 30.4 Å². The number of hydrogen-bond donors (Lipinski definition) is 1. The molecule has 0 atom stereocenters. The molecule has 0 saturated carbocycles. The van der Waals surface area contributed by atoms with Gasteiger partial charge in [0.05, 0.1) is 25.4 Å². The van der Waals surface area contributed by atoms with Gasteiger partial charge in [0.2, 0.25) is 0 Å². The number of carbonyl (C=O) groups excluding carboxylic acids is 2. The average molecular weight is 569 g/mol. The fourth-order valence-electron chi connectivity index (χ4n) is 5.31. The molecule has 0 aromatic heterocycles. The van der Waals surface area contributed by atoms with Gasteiger partial charge in [-0.2, -0.15) is 0 Å². The second kappa shape index (κ2) is 11.7. The van der Waals surface area contributed by atoms with E-state index in [0.29, 0.717) is 16.8 Å². The second-order valence-electron chi connectivity index (χ2n) is 11.4. The summed E-state index contributed by atoms with van der Waals surface area (Å²) in [5.74, 6) is -0.166. The van der Waals surface area contributed by atoms with Crippen molar-refractivity contribution in [2.24, 2.45) is 0 Å². The normalized spacial score (nSPS) is 16.9. The molecular weight excluding hydrogens is 533 g/mol. The summed E-state index contributed by atoms with van der Waals surface area (Å²) in [6.45, 7) is 8.21. The minimum Gasteiger partial charge on any atom is -0.496 e. The Hall–Kier alpha value is -4.08. The van der Waals surface area contributed by atoms with E-state index in [9.17, 15) is 9.59 Å². The minimum absolute atomic E-state index is 0.0398. The van der Waals surface area contributed by atoms with Gasteiger partial charge in [-0.15, -0.1) is 0 Å². The molecule has 1 amide bonds. The Morgan fingerprint density at radius 1 is 0.905 bits per heavy atom. The molecule has 0 bridgehead atoms. The number of benzene rings is 3. The van der Waals surface area contributed by atoms with Crippen LogP contribution in [0.5, 0.6) is 5.75 Å². The minimum atomic E-state index is -0.713. The molecular formula is C33H36BNO7. The lowest BCUT2D eigenvalue weighted by atomic mass is 9.77. The molecule has 218 valence electrons. The van der Waals surface area contributed by atoms with Crippen molar-refractivity contribution in [2.75, 3.05) is 27.4 Å². The first kappa shape index (κ1) is 29.4. The molecule has 3 aromatic carbocycles. The predicted octanol–water partition coefficient (Wildman–Crippen LogP) is 6.04. The summed E-state index contributed by atoms with van der Waals surface area (Å²) < 4.78 is 28.6. The first-order valence-electron chi connectivity index (χ1n) is 14.0. The summed E-state index contributed by atoms with van der Waals surface area (Å²) in [5, 5.41) is 2.88. The Labute approximate surface area is 247 Å². The van der Waals surface area contributed by atoms with Gasteiger partial charge in [-0.05, 0) is 73.1 Å². The van der Waals surface area contributed by atoms with Crippen LogP contribution in [-0.2, 0) is 18.8 Å². The van der Waals surface area contributed by atoms with Crippen LogP contribution in [0.25, 0.3) is 17.2 Å². The zero-order valence-electron chi connectivity index (χ0n) is 24.9. The number of rotatable bonds is 8. The Morgan fingerprint density at radius 3 is 2.07 bits per heavy atom. The van der Waals surface area contributed by atoms with Gasteiger partial charge in [-0.25, -0.2) is 9.59 Å². The Morgan fingerprint density at radius 2 is 1.50 bits per heavy atom. The Bertz CT molecular complexity index is 1470. The van der Waals surface area contributed by atoms with Gasteiger partial charge in [0.1, 0.15) is 17.9 Å². The van der Waals surface area contributed by atoms with Gasteiger partial charge >= 0.3 is 19.2 Å². The number of amides is 1. The standard InChI is InChI=1S/C33H36BNO7/c1-32(2)33(3,4)42-34(41-32)22(17-21-15-16-27(30(36)39-6)29(18-21)38-5)19-35-31(37)40-20-28-25-13-9-7-11-23(25)24-12-8-10-14-26(24)28/h7-18,28H,19-20H2,1-6H3,(H,35,37). The highest BCUT2D eigenvalue weighted by Crippen LogP contribution is 2.44. The lowest BCUT2D eigenvalue weighted by Crippen LogP contribution is -2.41. The van der Waals surface area contributed by atoms with Crippen LogP contribution in [0.2, 0.25) is 0 Å². The lowest BCUT2D eigenvalue weighted by Gasteiger charge is -2.32. The quantitative estimate of drug-likeness (QED) is 0.261. The van der Waals surface area contributed by atoms with E-state index in [4.69, 9.17) is 23.5 Å². The highest BCUT2D eigenvalue weighted by molar-refractivity contribution is 6.56. The molecule has 0 radical (unpaired) electrons. The molecule has 0 spiro atoms. The number of fused-ring (bicyclic) bond motifs is 3. The van der Waals surface area contributed by atoms with Gasteiger partial charge in [0.15, 0.2) is 0 Å². The topological polar surface area (TPSA) is 92.3 Å². The zero-order valence-corrected chi connectivity index (χ0v) is 24.9. The molecule has 1 aliphatic heterocycles. The van der Waals surface area contributed by atoms with Crippen molar-refractivity contribution >= 4 is 25.3 Å². The molecule has 8 nitrogen and oxygen atoms in total. The molecule has 5 rings (SSSR count). The molecule has 42 heavy (non-hydrogen) atoms. The summed E-state index contributed by atoms with van der Waals surface area (Å²) in [7, 11) is 2.10. The van der Waals surface area contributed by atoms with Crippen molar-refractivity contribution in [1.82, 2.24) is 5.32 Å². The van der Waals surface area contributed by atoms with Crippen molar-refractivity contribution in [3.8, 4) is 16.9 Å². The molecule has 0 unspecified atom stereocenters. The van der Waals surface area contributed by atoms with Gasteiger partial charge in [-0.1, -0.05) is 60.7 Å². The number of carbonyl (C=O) groups is 2. The summed E-state index contributed by atoms with van der Waals surface area (Å²) in [6, 6.07) is 21.6. The van der Waals surface area contributed by atoms with Crippen LogP contribution in [0.15, 0.2) is 72.2 Å². The molecule has 1 fully saturated rings. The van der Waals surface area contributed by atoms with Crippen LogP contribution < -0.4 is 10.1 Å². The average Bonchev–Trinajstić information content (AvgIpc) is 3.42. The maximum absolute atomic E-state index is 13.0. The van der Waals surface area contributed by atoms with Crippen molar-refractivity contribution in [1.29, 1.82) is 0 Å². The van der Waals surface area contributed by atoms with Crippen LogP contribution in [-0.4, -0.2) is 57.8 Å². The van der Waals surface area contributed by atoms with Crippen molar-refractivity contribution in [3.63, 3.8) is 0 Å². The van der Waals surface area contributed by atoms with E-state index in [2.05, 4.69) is 29.6 Å². The summed E-state index contributed by atoms with van der Waals surface area (Å²) >= 11 is 0. The zero-order chi connectivity index (χ0) is 30.1. The fourth-order valence-corrected chi connectivity index (χ4v) is 5.31. The summed E-state index contributed by atoms with van der Waals surface area (Å²) in [5.41, 5.74) is 5.20. The highest BCUT2D eigenvalue weighted by Gasteiger charge is 2.52. The largest absolute Gasteiger partial charge is 0.496 e. The van der Waals surface area contributed by atoms with E-state index in [-0.39, 0.29) is 19.1 Å². The lowest BCUT2D eigenvalue weighted by molar-refractivity contribution is 0.00578. The van der Waals surface area contributed by atoms with E-state index >= 15 is 0 Å². The highest BCUT2D eigenvalue weighted by atomic mass is 16.7. The van der Waals surface area contributed by atoms with Crippen LogP contribution >= 0.6 is 0 Å². The van der Waals surface area contributed by atoms with Gasteiger partial charge in [0, 0.05) is 12.5 Å². The Kier molecular flexibility index (Phi) is 8.17. The number of ether oxygens (including phenoxy) is 3. The maximum Gasteiger partial charge on any atom is 0.492 e. The second-order valence-corrected chi connectivity index (χ2v) is 11.4. The third-order valence-electron chi connectivity index (χ3n) is 8.32. The molecule has 3 aromatic rings. The van der Waals surface area contributed by atoms with Crippen LogP contribution in [0.3, 0.4) is 0 Å². The number of nitrogens with one attached hydrogen (secondary N) is 1. The van der Waals surface area contributed by atoms with Crippen LogP contribution in [0.1, 0.15) is 60.7 Å². The summed E-state index contributed by atoms with van der Waals surface area (Å²) in [6.07, 6.45) is 1.31. The van der Waals surface area contributed by atoms with Crippen molar-refractivity contribution < 1.29 is 33.1 Å². The SMILES string of the molecule is COC(=O)c1ccc(C=C(CNC(=O)OCC2c3ccccc3-c3ccccc32)B2OC(C)(C)C(C)(C)O2)cc1OC. The third kappa shape index (κ3) is 5.67. The number of esters is 1. The van der Waals surface area contributed by atoms with E-state index in [1.807, 2.05) is 58.0 Å². The molecule has 1 saturated heterocycles. The molecule has 9 heteroatoms. The molecule has 1 heterocycles. The van der Waals surface area contributed by atoms with Crippen molar-refractivity contribution in [3.05, 3.63) is 94.5 Å². The maximum atomic E-state index is 13.0. The molecule has 1 aliphatic carbocycles. The molecule has 1 N–H and O–H groups in total. The Balaban J connectivity index is 1.33. The fraction of sp³-hybridized carbons (Fsp3) is 0.333. The number of alkyl carbamates (subject to hydrolysis) is 1. The smallest absolute Gasteiger partial charge is 0.492 e. The summed E-state index contributed by atoms with van der Waals surface area (Å²) in [4.78, 5) is 25.1. The van der Waals surface area contributed by atoms with Gasteiger partial charge in [0.25, 0.3) is 0 Å². The first-order chi connectivity index (χ1) is 20.0. The number of methoxy groups -OCH3 is 2. The van der Waals surface area contributed by atoms with E-state index in [1.54, 1.807) is 18.2 Å². The first-order valence-corrected chi connectivity index (χ1v) is 14.0.